The van der Waals surface area contributed by atoms with Gasteiger partial charge in [-0.2, -0.15) is 18.3 Å². The summed E-state index contributed by atoms with van der Waals surface area (Å²) in [6.45, 7) is 4.03. The van der Waals surface area contributed by atoms with E-state index in [1.807, 2.05) is 68.4 Å². The fraction of sp³-hybridized carbons (Fsp3) is 0.174. The molecule has 0 unspecified atom stereocenters. The fourth-order valence-electron chi connectivity index (χ4n) is 3.17. The Hall–Kier alpha value is -3.48. The van der Waals surface area contributed by atoms with Crippen molar-refractivity contribution in [1.82, 2.24) is 19.7 Å². The van der Waals surface area contributed by atoms with Gasteiger partial charge in [-0.3, -0.25) is 4.98 Å². The zero-order valence-electron chi connectivity index (χ0n) is 16.4. The molecule has 0 saturated carbocycles. The van der Waals surface area contributed by atoms with Crippen LogP contribution in [0.2, 0.25) is 0 Å². The number of alkyl halides is 3. The molecule has 0 atom stereocenters. The third-order valence-corrected chi connectivity index (χ3v) is 4.99. The number of pyridine rings is 2. The molecule has 0 aliphatic rings. The van der Waals surface area contributed by atoms with E-state index in [1.165, 1.54) is 16.9 Å². The minimum absolute atomic E-state index is 0.455. The number of rotatable bonds is 4. The van der Waals surface area contributed by atoms with Gasteiger partial charge < -0.3 is 0 Å². The van der Waals surface area contributed by atoms with Crippen molar-refractivity contribution in [2.45, 2.75) is 25.4 Å². The van der Waals surface area contributed by atoms with Crippen LogP contribution in [0.25, 0.3) is 16.9 Å². The van der Waals surface area contributed by atoms with Crippen LogP contribution in [0.1, 0.15) is 30.9 Å². The normalized spacial score (nSPS) is 12.2. The van der Waals surface area contributed by atoms with Gasteiger partial charge in [-0.25, -0.2) is 9.67 Å². The summed E-state index contributed by atoms with van der Waals surface area (Å²) in [7, 11) is 0. The first-order valence-corrected chi connectivity index (χ1v) is 9.38. The topological polar surface area (TPSA) is 43.6 Å². The van der Waals surface area contributed by atoms with Gasteiger partial charge in [0.2, 0.25) is 0 Å². The standard InChI is InChI=1S/C23H19F3N4/c1-22(2,19-10-6-9-18(28-19)16-7-4-3-5-8-16)20-13-14-30(29-20)17-11-12-21(27-15-17)23(24,25)26/h3-15H,1-2H3. The van der Waals surface area contributed by atoms with Crippen molar-refractivity contribution < 1.29 is 13.2 Å². The lowest BCUT2D eigenvalue weighted by molar-refractivity contribution is -0.141. The third kappa shape index (κ3) is 3.83. The molecule has 0 spiro atoms. The maximum Gasteiger partial charge on any atom is 0.433 e. The van der Waals surface area contributed by atoms with Gasteiger partial charge in [-0.05, 0) is 44.2 Å². The average molecular weight is 408 g/mol. The number of benzene rings is 1. The molecule has 4 nitrogen and oxygen atoms in total. The van der Waals surface area contributed by atoms with E-state index in [9.17, 15) is 13.2 Å². The molecule has 0 radical (unpaired) electrons. The summed E-state index contributed by atoms with van der Waals surface area (Å²) in [5.74, 6) is 0. The second-order valence-electron chi connectivity index (χ2n) is 7.44. The number of hydrogen-bond donors (Lipinski definition) is 0. The number of nitrogens with zero attached hydrogens (tertiary/aromatic N) is 4. The van der Waals surface area contributed by atoms with Gasteiger partial charge in [-0.15, -0.1) is 0 Å². The van der Waals surface area contributed by atoms with Gasteiger partial charge in [0.25, 0.3) is 0 Å². The lowest BCUT2D eigenvalue weighted by Crippen LogP contribution is -2.22. The molecule has 1 aromatic carbocycles. The molecule has 0 amide bonds. The van der Waals surface area contributed by atoms with Crippen LogP contribution in [0.3, 0.4) is 0 Å². The molecule has 152 valence electrons. The summed E-state index contributed by atoms with van der Waals surface area (Å²) < 4.78 is 39.7. The lowest BCUT2D eigenvalue weighted by atomic mass is 9.85. The van der Waals surface area contributed by atoms with Gasteiger partial charge in [0.1, 0.15) is 5.69 Å². The molecule has 0 aliphatic carbocycles. The second kappa shape index (κ2) is 7.40. The molecule has 0 bridgehead atoms. The smallest absolute Gasteiger partial charge is 0.252 e. The Kier molecular flexibility index (Phi) is 4.89. The van der Waals surface area contributed by atoms with Crippen molar-refractivity contribution in [3.8, 4) is 16.9 Å². The SMILES string of the molecule is CC(C)(c1cccc(-c2ccccc2)n1)c1ccn(-c2ccc(C(F)(F)F)nc2)n1. The van der Waals surface area contributed by atoms with Crippen molar-refractivity contribution in [2.24, 2.45) is 0 Å². The first-order valence-electron chi connectivity index (χ1n) is 9.38. The summed E-state index contributed by atoms with van der Waals surface area (Å²) in [5.41, 5.74) is 2.51. The molecule has 0 N–H and O–H groups in total. The van der Waals surface area contributed by atoms with Crippen molar-refractivity contribution >= 4 is 0 Å². The summed E-state index contributed by atoms with van der Waals surface area (Å²) in [6.07, 6.45) is -1.59. The molecular formula is C23H19F3N4. The molecule has 3 aromatic heterocycles. The summed E-state index contributed by atoms with van der Waals surface area (Å²) in [5, 5.41) is 4.58. The third-order valence-electron chi connectivity index (χ3n) is 4.99. The van der Waals surface area contributed by atoms with Crippen molar-refractivity contribution in [3.05, 3.63) is 96.2 Å². The van der Waals surface area contributed by atoms with Crippen molar-refractivity contribution in [1.29, 1.82) is 0 Å². The van der Waals surface area contributed by atoms with Crippen LogP contribution in [0, 0.1) is 0 Å². The van der Waals surface area contributed by atoms with Crippen LogP contribution in [-0.4, -0.2) is 19.7 Å². The van der Waals surface area contributed by atoms with E-state index in [0.29, 0.717) is 5.69 Å². The van der Waals surface area contributed by atoms with Gasteiger partial charge in [0.05, 0.1) is 34.4 Å². The Balaban J connectivity index is 1.64. The average Bonchev–Trinajstić information content (AvgIpc) is 3.25. The van der Waals surface area contributed by atoms with Crippen molar-refractivity contribution in [2.75, 3.05) is 0 Å². The van der Waals surface area contributed by atoms with E-state index >= 15 is 0 Å². The highest BCUT2D eigenvalue weighted by Gasteiger charge is 2.32. The first-order chi connectivity index (χ1) is 14.2. The van der Waals surface area contributed by atoms with E-state index in [2.05, 4.69) is 10.1 Å². The van der Waals surface area contributed by atoms with Gasteiger partial charge in [0.15, 0.2) is 0 Å². The lowest BCUT2D eigenvalue weighted by Gasteiger charge is -2.22. The van der Waals surface area contributed by atoms with Crippen LogP contribution in [0.4, 0.5) is 13.2 Å². The van der Waals surface area contributed by atoms with Crippen LogP contribution in [0.5, 0.6) is 0 Å². The van der Waals surface area contributed by atoms with Gasteiger partial charge >= 0.3 is 6.18 Å². The number of hydrogen-bond acceptors (Lipinski definition) is 3. The highest BCUT2D eigenvalue weighted by molar-refractivity contribution is 5.59. The molecule has 30 heavy (non-hydrogen) atoms. The highest BCUT2D eigenvalue weighted by atomic mass is 19.4. The summed E-state index contributed by atoms with van der Waals surface area (Å²) >= 11 is 0. The Morgan fingerprint density at radius 3 is 2.20 bits per heavy atom. The zero-order chi connectivity index (χ0) is 21.4. The molecule has 0 fully saturated rings. The maximum absolute atomic E-state index is 12.7. The first kappa shape index (κ1) is 19.8. The summed E-state index contributed by atoms with van der Waals surface area (Å²) in [4.78, 5) is 8.33. The van der Waals surface area contributed by atoms with E-state index in [1.54, 1.807) is 6.20 Å². The monoisotopic (exact) mass is 408 g/mol. The van der Waals surface area contributed by atoms with E-state index in [-0.39, 0.29) is 0 Å². The fourth-order valence-corrected chi connectivity index (χ4v) is 3.17. The predicted octanol–water partition coefficient (Wildman–Crippen LogP) is 5.67. The minimum Gasteiger partial charge on any atom is -0.252 e. The quantitative estimate of drug-likeness (QED) is 0.437. The summed E-state index contributed by atoms with van der Waals surface area (Å²) in [6, 6.07) is 19.9. The van der Waals surface area contributed by atoms with Crippen molar-refractivity contribution in [3.63, 3.8) is 0 Å². The molecule has 7 heteroatoms. The van der Waals surface area contributed by atoms with E-state index < -0.39 is 17.3 Å². The largest absolute Gasteiger partial charge is 0.433 e. The number of halogens is 3. The molecule has 4 rings (SSSR count). The highest BCUT2D eigenvalue weighted by Crippen LogP contribution is 2.31. The van der Waals surface area contributed by atoms with E-state index in [4.69, 9.17) is 4.98 Å². The zero-order valence-corrected chi connectivity index (χ0v) is 16.4. The molecule has 0 saturated heterocycles. The Morgan fingerprint density at radius 1 is 0.767 bits per heavy atom. The number of aromatic nitrogens is 4. The second-order valence-corrected chi connectivity index (χ2v) is 7.44. The minimum atomic E-state index is -4.47. The molecule has 3 heterocycles. The molecular weight excluding hydrogens is 389 g/mol. The van der Waals surface area contributed by atoms with Crippen LogP contribution in [-0.2, 0) is 11.6 Å². The Labute approximate surface area is 172 Å². The molecule has 4 aromatic rings. The predicted molar refractivity (Wildman–Crippen MR) is 108 cm³/mol. The van der Waals surface area contributed by atoms with E-state index in [0.717, 1.165) is 28.7 Å². The van der Waals surface area contributed by atoms with Gasteiger partial charge in [0, 0.05) is 11.8 Å². The Bertz CT molecular complexity index is 1150. The maximum atomic E-state index is 12.7. The van der Waals surface area contributed by atoms with Crippen LogP contribution in [0.15, 0.2) is 79.1 Å². The van der Waals surface area contributed by atoms with Crippen LogP contribution >= 0.6 is 0 Å². The molecule has 0 aliphatic heterocycles. The Morgan fingerprint density at radius 2 is 1.53 bits per heavy atom. The van der Waals surface area contributed by atoms with Gasteiger partial charge in [-0.1, -0.05) is 36.4 Å². The van der Waals surface area contributed by atoms with Crippen LogP contribution < -0.4 is 0 Å².